The van der Waals surface area contributed by atoms with E-state index in [-0.39, 0.29) is 11.5 Å². The molecule has 1 fully saturated rings. The molecule has 24 heavy (non-hydrogen) atoms. The molecule has 0 unspecified atom stereocenters. The van der Waals surface area contributed by atoms with Crippen molar-refractivity contribution in [3.63, 3.8) is 0 Å². The topological polar surface area (TPSA) is 38.8 Å². The maximum atomic E-state index is 12.8. The highest BCUT2D eigenvalue weighted by molar-refractivity contribution is 5.81. The summed E-state index contributed by atoms with van der Waals surface area (Å²) in [4.78, 5) is 14.7. The second kappa shape index (κ2) is 6.30. The fourth-order valence-electron chi connectivity index (χ4n) is 4.02. The van der Waals surface area contributed by atoms with Gasteiger partial charge in [0.2, 0.25) is 0 Å². The van der Waals surface area contributed by atoms with Crippen LogP contribution >= 0.6 is 0 Å². The highest BCUT2D eigenvalue weighted by atomic mass is 16.5. The van der Waals surface area contributed by atoms with Crippen molar-refractivity contribution in [3.05, 3.63) is 23.8 Å². The normalized spacial score (nSPS) is 26.5. The van der Waals surface area contributed by atoms with Crippen LogP contribution in [0, 0.1) is 11.8 Å². The fraction of sp³-hybridized carbons (Fsp3) is 0.650. The van der Waals surface area contributed by atoms with Crippen molar-refractivity contribution in [2.45, 2.75) is 59.2 Å². The zero-order valence-electron chi connectivity index (χ0n) is 15.5. The largest absolute Gasteiger partial charge is 0.483 e. The first-order valence-electron chi connectivity index (χ1n) is 9.01. The number of piperidine rings is 1. The van der Waals surface area contributed by atoms with Crippen molar-refractivity contribution >= 4 is 5.91 Å². The average molecular weight is 331 g/mol. The Hall–Kier alpha value is -1.71. The smallest absolute Gasteiger partial charge is 0.263 e. The highest BCUT2D eigenvalue weighted by Crippen LogP contribution is 2.42. The summed E-state index contributed by atoms with van der Waals surface area (Å²) in [5, 5.41) is 0. The molecule has 2 aliphatic heterocycles. The van der Waals surface area contributed by atoms with Gasteiger partial charge in [0, 0.05) is 25.1 Å². The number of hydrogen-bond donors (Lipinski definition) is 0. The third-order valence-electron chi connectivity index (χ3n) is 4.89. The number of hydrogen-bond acceptors (Lipinski definition) is 3. The van der Waals surface area contributed by atoms with Gasteiger partial charge in [-0.3, -0.25) is 4.79 Å². The molecule has 0 N–H and O–H groups in total. The van der Waals surface area contributed by atoms with Gasteiger partial charge in [-0.2, -0.15) is 0 Å². The van der Waals surface area contributed by atoms with Crippen LogP contribution in [0.4, 0.5) is 0 Å². The van der Waals surface area contributed by atoms with Gasteiger partial charge < -0.3 is 14.4 Å². The second-order valence-corrected chi connectivity index (χ2v) is 8.23. The van der Waals surface area contributed by atoms with Crippen LogP contribution in [0.1, 0.15) is 46.6 Å². The van der Waals surface area contributed by atoms with Gasteiger partial charge >= 0.3 is 0 Å². The van der Waals surface area contributed by atoms with Gasteiger partial charge in [0.15, 0.2) is 17.6 Å². The van der Waals surface area contributed by atoms with E-state index in [1.54, 1.807) is 0 Å². The summed E-state index contributed by atoms with van der Waals surface area (Å²) in [6.07, 6.45) is 1.55. The molecule has 1 saturated heterocycles. The molecule has 132 valence electrons. The maximum absolute atomic E-state index is 12.8. The third kappa shape index (κ3) is 3.52. The van der Waals surface area contributed by atoms with Crippen LogP contribution in [0.2, 0.25) is 0 Å². The molecule has 0 saturated carbocycles. The standard InChI is InChI=1S/C20H29NO3/c1-13-9-14(2)12-21(11-13)19(22)15(3)23-17-8-6-7-16-10-20(4,5)24-18(16)17/h6-8,13-15H,9-12H2,1-5H3/t13-,14+,15-/m0/s1. The first-order chi connectivity index (χ1) is 11.2. The molecule has 4 nitrogen and oxygen atoms in total. The van der Waals surface area contributed by atoms with Crippen LogP contribution < -0.4 is 9.47 Å². The van der Waals surface area contributed by atoms with Crippen molar-refractivity contribution in [2.75, 3.05) is 13.1 Å². The lowest BCUT2D eigenvalue weighted by atomic mass is 9.91. The highest BCUT2D eigenvalue weighted by Gasteiger charge is 2.34. The molecule has 4 heteroatoms. The van der Waals surface area contributed by atoms with Gasteiger partial charge in [-0.15, -0.1) is 0 Å². The van der Waals surface area contributed by atoms with Gasteiger partial charge in [0.25, 0.3) is 5.91 Å². The summed E-state index contributed by atoms with van der Waals surface area (Å²) in [5.41, 5.74) is 0.935. The Morgan fingerprint density at radius 3 is 2.62 bits per heavy atom. The summed E-state index contributed by atoms with van der Waals surface area (Å²) in [5.74, 6) is 2.65. The van der Waals surface area contributed by atoms with Crippen LogP contribution in [0.25, 0.3) is 0 Å². The maximum Gasteiger partial charge on any atom is 0.263 e. The van der Waals surface area contributed by atoms with Crippen LogP contribution in [-0.2, 0) is 11.2 Å². The van der Waals surface area contributed by atoms with Crippen LogP contribution in [0.3, 0.4) is 0 Å². The van der Waals surface area contributed by atoms with E-state index in [1.165, 1.54) is 6.42 Å². The monoisotopic (exact) mass is 331 g/mol. The predicted molar refractivity (Wildman–Crippen MR) is 94.5 cm³/mol. The number of amides is 1. The molecule has 0 spiro atoms. The SMILES string of the molecule is C[C@@H]1C[C@H](C)CN(C(=O)[C@H](C)Oc2cccc3c2OC(C)(C)C3)C1. The van der Waals surface area contributed by atoms with Crippen LogP contribution in [0.5, 0.6) is 11.5 Å². The third-order valence-corrected chi connectivity index (χ3v) is 4.89. The first-order valence-corrected chi connectivity index (χ1v) is 9.01. The summed E-state index contributed by atoms with van der Waals surface area (Å²) < 4.78 is 12.1. The molecular formula is C20H29NO3. The van der Waals surface area contributed by atoms with Gasteiger partial charge in [-0.05, 0) is 45.1 Å². The minimum absolute atomic E-state index is 0.0725. The quantitative estimate of drug-likeness (QED) is 0.848. The van der Waals surface area contributed by atoms with E-state index in [2.05, 4.69) is 33.8 Å². The van der Waals surface area contributed by atoms with Crippen molar-refractivity contribution in [3.8, 4) is 11.5 Å². The Bertz CT molecular complexity index is 615. The number of carbonyl (C=O) groups excluding carboxylic acids is 1. The Morgan fingerprint density at radius 2 is 1.96 bits per heavy atom. The minimum atomic E-state index is -0.499. The summed E-state index contributed by atoms with van der Waals surface area (Å²) in [6.45, 7) is 12.1. The predicted octanol–water partition coefficient (Wildman–Crippen LogP) is 3.67. The Morgan fingerprint density at radius 1 is 1.29 bits per heavy atom. The Balaban J connectivity index is 1.71. The van der Waals surface area contributed by atoms with E-state index >= 15 is 0 Å². The minimum Gasteiger partial charge on any atom is -0.483 e. The van der Waals surface area contributed by atoms with Gasteiger partial charge in [0.05, 0.1) is 0 Å². The number of para-hydroxylation sites is 1. The second-order valence-electron chi connectivity index (χ2n) is 8.23. The van der Waals surface area contributed by atoms with Gasteiger partial charge in [0.1, 0.15) is 5.60 Å². The molecule has 3 rings (SSSR count). The molecule has 2 aliphatic rings. The lowest BCUT2D eigenvalue weighted by Crippen LogP contribution is -2.47. The van der Waals surface area contributed by atoms with Crippen molar-refractivity contribution < 1.29 is 14.3 Å². The van der Waals surface area contributed by atoms with Gasteiger partial charge in [-0.25, -0.2) is 0 Å². The molecule has 2 heterocycles. The van der Waals surface area contributed by atoms with E-state index in [1.807, 2.05) is 24.0 Å². The molecule has 1 amide bonds. The Labute approximate surface area is 145 Å². The zero-order valence-corrected chi connectivity index (χ0v) is 15.5. The lowest BCUT2D eigenvalue weighted by molar-refractivity contribution is -0.140. The van der Waals surface area contributed by atoms with E-state index < -0.39 is 6.10 Å². The zero-order chi connectivity index (χ0) is 17.5. The first kappa shape index (κ1) is 17.1. The fourth-order valence-corrected chi connectivity index (χ4v) is 4.02. The van der Waals surface area contributed by atoms with Crippen molar-refractivity contribution in [1.29, 1.82) is 0 Å². The number of benzene rings is 1. The van der Waals surface area contributed by atoms with E-state index in [4.69, 9.17) is 9.47 Å². The number of nitrogens with zero attached hydrogens (tertiary/aromatic N) is 1. The number of likely N-dealkylation sites (tertiary alicyclic amines) is 1. The van der Waals surface area contributed by atoms with Crippen LogP contribution in [0.15, 0.2) is 18.2 Å². The number of ether oxygens (including phenoxy) is 2. The van der Waals surface area contributed by atoms with Crippen LogP contribution in [-0.4, -0.2) is 35.6 Å². The van der Waals surface area contributed by atoms with E-state index in [0.29, 0.717) is 17.6 Å². The van der Waals surface area contributed by atoms with E-state index in [0.717, 1.165) is 30.8 Å². The number of carbonyl (C=O) groups is 1. The van der Waals surface area contributed by atoms with Crippen molar-refractivity contribution in [1.82, 2.24) is 4.90 Å². The molecule has 1 aromatic carbocycles. The molecular weight excluding hydrogens is 302 g/mol. The number of fused-ring (bicyclic) bond motifs is 1. The molecule has 0 radical (unpaired) electrons. The summed E-state index contributed by atoms with van der Waals surface area (Å²) in [6, 6.07) is 5.93. The average Bonchev–Trinajstić information content (AvgIpc) is 2.80. The van der Waals surface area contributed by atoms with E-state index in [9.17, 15) is 4.79 Å². The molecule has 0 aliphatic carbocycles. The molecule has 0 bridgehead atoms. The molecule has 0 aromatic heterocycles. The number of rotatable bonds is 3. The van der Waals surface area contributed by atoms with Crippen molar-refractivity contribution in [2.24, 2.45) is 11.8 Å². The van der Waals surface area contributed by atoms with Gasteiger partial charge in [-0.1, -0.05) is 26.0 Å². The Kier molecular flexibility index (Phi) is 4.50. The summed E-state index contributed by atoms with van der Waals surface area (Å²) in [7, 11) is 0. The molecule has 1 aromatic rings. The lowest BCUT2D eigenvalue weighted by Gasteiger charge is -2.36. The molecule has 3 atom stereocenters. The summed E-state index contributed by atoms with van der Waals surface area (Å²) >= 11 is 0.